The molecule has 0 aliphatic carbocycles. The fourth-order valence-corrected chi connectivity index (χ4v) is 2.42. The van der Waals surface area contributed by atoms with Crippen molar-refractivity contribution in [3.63, 3.8) is 0 Å². The smallest absolute Gasteiger partial charge is 0.205 e. The average molecular weight is 365 g/mol. The van der Waals surface area contributed by atoms with Crippen LogP contribution < -0.4 is 21.2 Å². The van der Waals surface area contributed by atoms with Crippen LogP contribution in [0.5, 0.6) is 0 Å². The van der Waals surface area contributed by atoms with Crippen LogP contribution in [0.2, 0.25) is 0 Å². The number of rotatable bonds is 3. The Labute approximate surface area is 149 Å². The van der Waals surface area contributed by atoms with E-state index in [1.807, 2.05) is 54.6 Å². The van der Waals surface area contributed by atoms with Gasteiger partial charge in [0.05, 0.1) is 5.71 Å². The van der Waals surface area contributed by atoms with E-state index in [9.17, 15) is 0 Å². The van der Waals surface area contributed by atoms with Crippen molar-refractivity contribution in [1.82, 2.24) is 21.3 Å². The first kappa shape index (κ1) is 17.3. The lowest BCUT2D eigenvalue weighted by atomic mass is 10.3. The maximum atomic E-state index is 5.30. The summed E-state index contributed by atoms with van der Waals surface area (Å²) < 4.78 is 0. The van der Waals surface area contributed by atoms with E-state index in [1.165, 1.54) is 11.3 Å². The highest BCUT2D eigenvalue weighted by Crippen LogP contribution is 2.10. The van der Waals surface area contributed by atoms with Crippen molar-refractivity contribution in [1.29, 1.82) is 0 Å². The predicted octanol–water partition coefficient (Wildman–Crippen LogP) is 2.26. The second-order valence-electron chi connectivity index (χ2n) is 4.43. The first-order valence-corrected chi connectivity index (χ1v) is 8.36. The Morgan fingerprint density at radius 3 is 2.61 bits per heavy atom. The van der Waals surface area contributed by atoms with Crippen molar-refractivity contribution >= 4 is 57.4 Å². The standard InChI is InChI=1S/C14H16N6S3/c1-10(12-15-8-9-23-12)16-17-13(21)18-19-14(22)20(2)11-6-4-3-5-7-11/h3-9H,1-2H3,(H,19,22)(H2,17,18,21)/b16-10-. The number of para-hydroxylation sites is 1. The number of anilines is 1. The summed E-state index contributed by atoms with van der Waals surface area (Å²) in [6.45, 7) is 1.86. The number of thiocarbonyl (C=S) groups is 2. The zero-order valence-electron chi connectivity index (χ0n) is 12.6. The molecule has 2 rings (SSSR count). The maximum absolute atomic E-state index is 5.30. The first-order chi connectivity index (χ1) is 11.1. The number of hydrogen-bond acceptors (Lipinski definition) is 5. The fraction of sp³-hybridized carbons (Fsp3) is 0.143. The van der Waals surface area contributed by atoms with Crippen molar-refractivity contribution in [2.45, 2.75) is 6.92 Å². The summed E-state index contributed by atoms with van der Waals surface area (Å²) in [5.41, 5.74) is 10.1. The van der Waals surface area contributed by atoms with E-state index < -0.39 is 0 Å². The fourth-order valence-electron chi connectivity index (χ4n) is 1.58. The van der Waals surface area contributed by atoms with Crippen LogP contribution in [-0.4, -0.2) is 28.0 Å². The summed E-state index contributed by atoms with van der Waals surface area (Å²) in [6.07, 6.45) is 1.73. The van der Waals surface area contributed by atoms with Crippen LogP contribution in [0.4, 0.5) is 5.69 Å². The number of benzene rings is 1. The van der Waals surface area contributed by atoms with Crippen LogP contribution in [0.15, 0.2) is 47.0 Å². The molecule has 1 heterocycles. The molecule has 120 valence electrons. The van der Waals surface area contributed by atoms with E-state index in [0.29, 0.717) is 10.2 Å². The van der Waals surface area contributed by atoms with E-state index in [4.69, 9.17) is 24.4 Å². The molecule has 23 heavy (non-hydrogen) atoms. The highest BCUT2D eigenvalue weighted by atomic mass is 32.1. The van der Waals surface area contributed by atoms with E-state index in [2.05, 4.69) is 26.4 Å². The van der Waals surface area contributed by atoms with Crippen molar-refractivity contribution in [2.75, 3.05) is 11.9 Å². The minimum Gasteiger partial charge on any atom is -0.321 e. The molecule has 2 aromatic rings. The zero-order chi connectivity index (χ0) is 16.7. The molecule has 0 aliphatic heterocycles. The van der Waals surface area contributed by atoms with Crippen molar-refractivity contribution in [3.05, 3.63) is 46.9 Å². The molecule has 0 unspecified atom stereocenters. The van der Waals surface area contributed by atoms with E-state index >= 15 is 0 Å². The molecule has 0 saturated carbocycles. The third-order valence-corrected chi connectivity index (χ3v) is 4.25. The Morgan fingerprint density at radius 1 is 1.22 bits per heavy atom. The highest BCUT2D eigenvalue weighted by molar-refractivity contribution is 7.80. The molecule has 0 saturated heterocycles. The molecular weight excluding hydrogens is 348 g/mol. The van der Waals surface area contributed by atoms with Crippen LogP contribution in [0.25, 0.3) is 0 Å². The van der Waals surface area contributed by atoms with Gasteiger partial charge < -0.3 is 4.90 Å². The van der Waals surface area contributed by atoms with E-state index in [0.717, 1.165) is 16.4 Å². The highest BCUT2D eigenvalue weighted by Gasteiger charge is 2.06. The van der Waals surface area contributed by atoms with Gasteiger partial charge in [0.2, 0.25) is 5.11 Å². The third kappa shape index (κ3) is 5.23. The second-order valence-corrected chi connectivity index (χ2v) is 6.11. The largest absolute Gasteiger partial charge is 0.321 e. The Morgan fingerprint density at radius 2 is 1.96 bits per heavy atom. The SMILES string of the molecule is C/C(=N/NC(=S)NNC(=S)N(C)c1ccccc1)c1nccs1. The third-order valence-electron chi connectivity index (χ3n) is 2.80. The number of aromatic nitrogens is 1. The summed E-state index contributed by atoms with van der Waals surface area (Å²) in [7, 11) is 1.87. The second kappa shape index (κ2) is 8.51. The van der Waals surface area contributed by atoms with Gasteiger partial charge in [-0.05, 0) is 43.5 Å². The average Bonchev–Trinajstić information content (AvgIpc) is 3.12. The van der Waals surface area contributed by atoms with Gasteiger partial charge in [-0.2, -0.15) is 5.10 Å². The number of nitrogens with zero attached hydrogens (tertiary/aromatic N) is 3. The summed E-state index contributed by atoms with van der Waals surface area (Å²) in [5.74, 6) is 0. The molecule has 1 aromatic heterocycles. The van der Waals surface area contributed by atoms with Gasteiger partial charge in [0.25, 0.3) is 0 Å². The molecule has 0 amide bonds. The van der Waals surface area contributed by atoms with Gasteiger partial charge in [-0.1, -0.05) is 18.2 Å². The van der Waals surface area contributed by atoms with Gasteiger partial charge in [0.1, 0.15) is 5.01 Å². The lowest BCUT2D eigenvalue weighted by molar-refractivity contribution is 0.824. The van der Waals surface area contributed by atoms with Crippen molar-refractivity contribution in [2.24, 2.45) is 5.10 Å². The van der Waals surface area contributed by atoms with Crippen LogP contribution >= 0.6 is 35.8 Å². The van der Waals surface area contributed by atoms with Crippen LogP contribution in [-0.2, 0) is 0 Å². The summed E-state index contributed by atoms with van der Waals surface area (Å²) in [4.78, 5) is 5.99. The van der Waals surface area contributed by atoms with Crippen LogP contribution in [0.3, 0.4) is 0 Å². The van der Waals surface area contributed by atoms with Gasteiger partial charge in [-0.3, -0.25) is 16.3 Å². The minimum absolute atomic E-state index is 0.310. The monoisotopic (exact) mass is 364 g/mol. The Bertz CT molecular complexity index is 684. The number of hydrazone groups is 1. The molecular formula is C14H16N6S3. The summed E-state index contributed by atoms with van der Waals surface area (Å²) in [5, 5.41) is 7.69. The maximum Gasteiger partial charge on any atom is 0.205 e. The van der Waals surface area contributed by atoms with Gasteiger partial charge >= 0.3 is 0 Å². The summed E-state index contributed by atoms with van der Waals surface area (Å²) >= 11 is 11.9. The lowest BCUT2D eigenvalue weighted by Gasteiger charge is -2.21. The molecule has 0 radical (unpaired) electrons. The predicted molar refractivity (Wildman–Crippen MR) is 104 cm³/mol. The molecule has 3 N–H and O–H groups in total. The molecule has 0 atom stereocenters. The number of nitrogens with one attached hydrogen (secondary N) is 3. The Kier molecular flexibility index (Phi) is 6.39. The molecule has 0 spiro atoms. The van der Waals surface area contributed by atoms with Gasteiger partial charge in [-0.15, -0.1) is 11.3 Å². The molecule has 0 fully saturated rings. The Balaban J connectivity index is 1.80. The molecule has 1 aromatic carbocycles. The summed E-state index contributed by atoms with van der Waals surface area (Å²) in [6, 6.07) is 9.78. The quantitative estimate of drug-likeness (QED) is 0.439. The first-order valence-electron chi connectivity index (χ1n) is 6.67. The minimum atomic E-state index is 0.310. The van der Waals surface area contributed by atoms with E-state index in [-0.39, 0.29) is 0 Å². The zero-order valence-corrected chi connectivity index (χ0v) is 15.1. The van der Waals surface area contributed by atoms with Gasteiger partial charge in [0.15, 0.2) is 5.11 Å². The van der Waals surface area contributed by atoms with E-state index in [1.54, 1.807) is 6.20 Å². The molecule has 0 bridgehead atoms. The molecule has 0 aliphatic rings. The number of hydrogen-bond donors (Lipinski definition) is 3. The van der Waals surface area contributed by atoms with Gasteiger partial charge in [0, 0.05) is 24.3 Å². The number of thiazole rings is 1. The van der Waals surface area contributed by atoms with Crippen molar-refractivity contribution < 1.29 is 0 Å². The lowest BCUT2D eigenvalue weighted by Crippen LogP contribution is -2.50. The normalized spacial score (nSPS) is 10.8. The number of hydrazine groups is 1. The van der Waals surface area contributed by atoms with Crippen LogP contribution in [0.1, 0.15) is 11.9 Å². The topological polar surface area (TPSA) is 64.6 Å². The van der Waals surface area contributed by atoms with Gasteiger partial charge in [-0.25, -0.2) is 4.98 Å². The Hall–Kier alpha value is -2.10. The van der Waals surface area contributed by atoms with Crippen molar-refractivity contribution in [3.8, 4) is 0 Å². The molecule has 9 heteroatoms. The van der Waals surface area contributed by atoms with Crippen LogP contribution in [0, 0.1) is 0 Å². The molecule has 6 nitrogen and oxygen atoms in total.